The minimum absolute atomic E-state index is 0.0528. The second kappa shape index (κ2) is 8.01. The molecule has 1 aromatic carbocycles. The van der Waals surface area contributed by atoms with E-state index < -0.39 is 11.7 Å². The molecule has 1 aromatic rings. The van der Waals surface area contributed by atoms with E-state index in [1.807, 2.05) is 0 Å². The van der Waals surface area contributed by atoms with Gasteiger partial charge in [0, 0.05) is 20.3 Å². The van der Waals surface area contributed by atoms with E-state index in [9.17, 15) is 9.18 Å². The lowest BCUT2D eigenvalue weighted by Gasteiger charge is -2.03. The van der Waals surface area contributed by atoms with Crippen LogP contribution in [0, 0.1) is 17.1 Å². The van der Waals surface area contributed by atoms with Crippen molar-refractivity contribution in [1.29, 1.82) is 5.26 Å². The van der Waals surface area contributed by atoms with Crippen LogP contribution >= 0.6 is 0 Å². The largest absolute Gasteiger partial charge is 0.385 e. The van der Waals surface area contributed by atoms with Gasteiger partial charge in [0.15, 0.2) is 0 Å². The average Bonchev–Trinajstić information content (AvgIpc) is 2.41. The number of nitriles is 1. The SMILES string of the molecule is COCCCNC(=O)/C(C#N)=C/c1cccc(F)c1. The maximum absolute atomic E-state index is 13.0. The molecule has 0 saturated heterocycles. The number of ether oxygens (including phenoxy) is 1. The van der Waals surface area contributed by atoms with E-state index in [2.05, 4.69) is 5.32 Å². The number of nitrogens with zero attached hydrogens (tertiary/aromatic N) is 1. The van der Waals surface area contributed by atoms with Gasteiger partial charge in [-0.05, 0) is 30.2 Å². The third-order valence-corrected chi connectivity index (χ3v) is 2.34. The monoisotopic (exact) mass is 262 g/mol. The molecule has 4 nitrogen and oxygen atoms in total. The maximum Gasteiger partial charge on any atom is 0.261 e. The molecule has 0 aliphatic carbocycles. The third kappa shape index (κ3) is 5.32. The zero-order chi connectivity index (χ0) is 14.1. The summed E-state index contributed by atoms with van der Waals surface area (Å²) in [5.74, 6) is -0.880. The molecule has 0 aromatic heterocycles. The van der Waals surface area contributed by atoms with Crippen LogP contribution in [-0.2, 0) is 9.53 Å². The number of carbonyl (C=O) groups is 1. The Morgan fingerprint density at radius 3 is 3.00 bits per heavy atom. The molecular weight excluding hydrogens is 247 g/mol. The van der Waals surface area contributed by atoms with E-state index in [4.69, 9.17) is 10.00 Å². The van der Waals surface area contributed by atoms with E-state index in [0.717, 1.165) is 0 Å². The zero-order valence-electron chi connectivity index (χ0n) is 10.6. The van der Waals surface area contributed by atoms with Crippen molar-refractivity contribution in [1.82, 2.24) is 5.32 Å². The molecule has 1 N–H and O–H groups in total. The van der Waals surface area contributed by atoms with Crippen molar-refractivity contribution in [3.8, 4) is 6.07 Å². The molecule has 0 fully saturated rings. The lowest BCUT2D eigenvalue weighted by atomic mass is 10.1. The molecule has 0 unspecified atom stereocenters. The van der Waals surface area contributed by atoms with Crippen LogP contribution < -0.4 is 5.32 Å². The molecule has 0 radical (unpaired) electrons. The Kier molecular flexibility index (Phi) is 6.27. The number of carbonyl (C=O) groups excluding carboxylic acids is 1. The van der Waals surface area contributed by atoms with Gasteiger partial charge in [0.05, 0.1) is 0 Å². The molecule has 0 bridgehead atoms. The second-order valence-corrected chi connectivity index (χ2v) is 3.83. The van der Waals surface area contributed by atoms with E-state index in [1.54, 1.807) is 19.2 Å². The number of benzene rings is 1. The summed E-state index contributed by atoms with van der Waals surface area (Å²) < 4.78 is 17.8. The quantitative estimate of drug-likeness (QED) is 0.484. The van der Waals surface area contributed by atoms with Crippen LogP contribution in [0.5, 0.6) is 0 Å². The van der Waals surface area contributed by atoms with E-state index in [0.29, 0.717) is 25.1 Å². The first kappa shape index (κ1) is 14.9. The fourth-order valence-electron chi connectivity index (χ4n) is 1.43. The number of hydrogen-bond acceptors (Lipinski definition) is 3. The van der Waals surface area contributed by atoms with Crippen molar-refractivity contribution in [3.63, 3.8) is 0 Å². The van der Waals surface area contributed by atoms with Crippen LogP contribution in [0.3, 0.4) is 0 Å². The lowest BCUT2D eigenvalue weighted by Crippen LogP contribution is -2.26. The fraction of sp³-hybridized carbons (Fsp3) is 0.286. The predicted octanol–water partition coefficient (Wildman–Crippen LogP) is 1.89. The Labute approximate surface area is 111 Å². The minimum Gasteiger partial charge on any atom is -0.385 e. The van der Waals surface area contributed by atoms with Gasteiger partial charge in [0.1, 0.15) is 17.5 Å². The first-order valence-electron chi connectivity index (χ1n) is 5.82. The van der Waals surface area contributed by atoms with Crippen LogP contribution in [0.1, 0.15) is 12.0 Å². The van der Waals surface area contributed by atoms with Crippen LogP contribution in [0.2, 0.25) is 0 Å². The smallest absolute Gasteiger partial charge is 0.261 e. The first-order chi connectivity index (χ1) is 9.17. The summed E-state index contributed by atoms with van der Waals surface area (Å²) in [6.45, 7) is 0.963. The summed E-state index contributed by atoms with van der Waals surface area (Å²) in [5, 5.41) is 11.5. The summed E-state index contributed by atoms with van der Waals surface area (Å²) in [7, 11) is 1.58. The Morgan fingerprint density at radius 1 is 1.58 bits per heavy atom. The Bertz CT molecular complexity index is 506. The summed E-state index contributed by atoms with van der Waals surface area (Å²) >= 11 is 0. The number of halogens is 1. The van der Waals surface area contributed by atoms with Gasteiger partial charge in [-0.1, -0.05) is 12.1 Å². The minimum atomic E-state index is -0.470. The van der Waals surface area contributed by atoms with Crippen molar-refractivity contribution in [2.75, 3.05) is 20.3 Å². The molecule has 100 valence electrons. The van der Waals surface area contributed by atoms with Crippen molar-refractivity contribution in [2.45, 2.75) is 6.42 Å². The van der Waals surface area contributed by atoms with Crippen molar-refractivity contribution in [3.05, 3.63) is 41.2 Å². The Balaban J connectivity index is 2.67. The molecule has 0 atom stereocenters. The predicted molar refractivity (Wildman–Crippen MR) is 69.5 cm³/mol. The van der Waals surface area contributed by atoms with E-state index in [-0.39, 0.29) is 5.57 Å². The van der Waals surface area contributed by atoms with Gasteiger partial charge < -0.3 is 10.1 Å². The summed E-state index contributed by atoms with van der Waals surface area (Å²) in [5.41, 5.74) is 0.423. The summed E-state index contributed by atoms with van der Waals surface area (Å²) in [6.07, 6.45) is 2.02. The Hall–Kier alpha value is -2.19. The van der Waals surface area contributed by atoms with Crippen LogP contribution in [0.25, 0.3) is 6.08 Å². The third-order valence-electron chi connectivity index (χ3n) is 2.34. The molecule has 0 aliphatic rings. The van der Waals surface area contributed by atoms with E-state index >= 15 is 0 Å². The highest BCUT2D eigenvalue weighted by molar-refractivity contribution is 6.01. The number of nitrogens with one attached hydrogen (secondary N) is 1. The van der Waals surface area contributed by atoms with Crippen LogP contribution in [0.4, 0.5) is 4.39 Å². The topological polar surface area (TPSA) is 62.1 Å². The molecule has 19 heavy (non-hydrogen) atoms. The van der Waals surface area contributed by atoms with Gasteiger partial charge in [0.2, 0.25) is 0 Å². The normalized spacial score (nSPS) is 10.9. The molecule has 1 rings (SSSR count). The van der Waals surface area contributed by atoms with Gasteiger partial charge in [0.25, 0.3) is 5.91 Å². The van der Waals surface area contributed by atoms with Gasteiger partial charge in [-0.15, -0.1) is 0 Å². The number of amides is 1. The fourth-order valence-corrected chi connectivity index (χ4v) is 1.43. The number of rotatable bonds is 6. The highest BCUT2D eigenvalue weighted by Gasteiger charge is 2.08. The van der Waals surface area contributed by atoms with Gasteiger partial charge in [-0.3, -0.25) is 4.79 Å². The highest BCUT2D eigenvalue weighted by atomic mass is 19.1. The van der Waals surface area contributed by atoms with Crippen LogP contribution in [-0.4, -0.2) is 26.2 Å². The molecule has 5 heteroatoms. The van der Waals surface area contributed by atoms with Gasteiger partial charge in [-0.25, -0.2) is 4.39 Å². The zero-order valence-corrected chi connectivity index (χ0v) is 10.6. The maximum atomic E-state index is 13.0. The Morgan fingerprint density at radius 2 is 2.37 bits per heavy atom. The van der Waals surface area contributed by atoms with E-state index in [1.165, 1.54) is 24.3 Å². The number of methoxy groups -OCH3 is 1. The lowest BCUT2D eigenvalue weighted by molar-refractivity contribution is -0.117. The summed E-state index contributed by atoms with van der Waals surface area (Å²) in [4.78, 5) is 11.7. The van der Waals surface area contributed by atoms with Crippen molar-refractivity contribution in [2.24, 2.45) is 0 Å². The van der Waals surface area contributed by atoms with Crippen molar-refractivity contribution >= 4 is 12.0 Å². The number of hydrogen-bond donors (Lipinski definition) is 1. The van der Waals surface area contributed by atoms with Crippen LogP contribution in [0.15, 0.2) is 29.8 Å². The highest BCUT2D eigenvalue weighted by Crippen LogP contribution is 2.08. The molecule has 0 spiro atoms. The molecular formula is C14H15FN2O2. The summed E-state index contributed by atoms with van der Waals surface area (Å²) in [6, 6.07) is 7.51. The second-order valence-electron chi connectivity index (χ2n) is 3.83. The molecule has 0 saturated carbocycles. The first-order valence-corrected chi connectivity index (χ1v) is 5.82. The van der Waals surface area contributed by atoms with Gasteiger partial charge in [-0.2, -0.15) is 5.26 Å². The molecule has 0 aliphatic heterocycles. The molecule has 1 amide bonds. The van der Waals surface area contributed by atoms with Crippen molar-refractivity contribution < 1.29 is 13.9 Å². The standard InChI is InChI=1S/C14H15FN2O2/c1-19-7-3-6-17-14(18)12(10-16)8-11-4-2-5-13(15)9-11/h2,4-5,8-9H,3,6-7H2,1H3,(H,17,18)/b12-8+. The molecule has 0 heterocycles. The average molecular weight is 262 g/mol. The van der Waals surface area contributed by atoms with Gasteiger partial charge >= 0.3 is 0 Å².